The molecule has 1 atom stereocenters. The third-order valence-corrected chi connectivity index (χ3v) is 11.0. The number of nitrogens with one attached hydrogen (secondary N) is 2. The molecule has 2 amide bonds. The predicted octanol–water partition coefficient (Wildman–Crippen LogP) is 5.94. The molecule has 0 bridgehead atoms. The van der Waals surface area contributed by atoms with Gasteiger partial charge in [0.15, 0.2) is 0 Å². The highest BCUT2D eigenvalue weighted by atomic mass is 32.2. The quantitative estimate of drug-likeness (QED) is 0.307. The number of aromatic nitrogens is 1. The van der Waals surface area contributed by atoms with E-state index in [1.54, 1.807) is 44.0 Å². The Labute approximate surface area is 259 Å². The van der Waals surface area contributed by atoms with Crippen molar-refractivity contribution in [2.24, 2.45) is 0 Å². The van der Waals surface area contributed by atoms with E-state index in [9.17, 15) is 23.1 Å². The van der Waals surface area contributed by atoms with Crippen molar-refractivity contribution >= 4 is 39.2 Å². The van der Waals surface area contributed by atoms with Gasteiger partial charge in [0.25, 0.3) is 0 Å². The second-order valence-electron chi connectivity index (χ2n) is 12.9. The monoisotopic (exact) mass is 635 g/mol. The topological polar surface area (TPSA) is 141 Å². The molecule has 2 aromatic rings. The Bertz CT molecular complexity index is 1400. The van der Waals surface area contributed by atoms with Gasteiger partial charge in [0.2, 0.25) is 10.0 Å². The summed E-state index contributed by atoms with van der Waals surface area (Å²) < 4.78 is 35.4. The van der Waals surface area contributed by atoms with Gasteiger partial charge in [0.1, 0.15) is 6.61 Å². The minimum Gasteiger partial charge on any atom is -0.465 e. The second-order valence-corrected chi connectivity index (χ2v) is 15.6. The first-order chi connectivity index (χ1) is 20.1. The Morgan fingerprint density at radius 3 is 2.47 bits per heavy atom. The minimum absolute atomic E-state index is 0.0146. The fourth-order valence-corrected chi connectivity index (χ4v) is 8.86. The maximum Gasteiger partial charge on any atom is 0.411 e. The highest BCUT2D eigenvalue weighted by Crippen LogP contribution is 2.41. The Kier molecular flexibility index (Phi) is 10.4. The molecule has 4 rings (SSSR count). The molecule has 1 aliphatic carbocycles. The third-order valence-electron chi connectivity index (χ3n) is 8.04. The Hall–Kier alpha value is -2.74. The Morgan fingerprint density at radius 2 is 1.88 bits per heavy atom. The van der Waals surface area contributed by atoms with E-state index in [0.29, 0.717) is 16.1 Å². The molecule has 2 fully saturated rings. The van der Waals surface area contributed by atoms with Crippen LogP contribution in [-0.2, 0) is 14.8 Å². The molecule has 0 radical (unpaired) electrons. The number of carboxylic acid groups (broad SMARTS) is 1. The summed E-state index contributed by atoms with van der Waals surface area (Å²) in [6.45, 7) is 10.4. The zero-order valence-electron chi connectivity index (χ0n) is 25.9. The van der Waals surface area contributed by atoms with Crippen LogP contribution in [0.1, 0.15) is 84.1 Å². The van der Waals surface area contributed by atoms with Crippen LogP contribution in [0.4, 0.5) is 15.3 Å². The number of likely N-dealkylation sites (tertiary alicyclic amines) is 1. The van der Waals surface area contributed by atoms with Gasteiger partial charge in [-0.3, -0.25) is 5.32 Å². The van der Waals surface area contributed by atoms with Crippen molar-refractivity contribution in [1.82, 2.24) is 19.5 Å². The summed E-state index contributed by atoms with van der Waals surface area (Å²) in [5.74, 6) is 0.181. The molecule has 1 saturated carbocycles. The molecule has 2 heterocycles. The van der Waals surface area contributed by atoms with Crippen LogP contribution in [0.2, 0.25) is 0 Å². The highest BCUT2D eigenvalue weighted by Gasteiger charge is 2.33. The Balaban J connectivity index is 1.53. The van der Waals surface area contributed by atoms with Gasteiger partial charge < -0.3 is 19.6 Å². The van der Waals surface area contributed by atoms with Gasteiger partial charge in [0.05, 0.1) is 14.8 Å². The first-order valence-corrected chi connectivity index (χ1v) is 17.2. The van der Waals surface area contributed by atoms with Crippen molar-refractivity contribution in [2.75, 3.05) is 25.5 Å². The number of amides is 2. The maximum absolute atomic E-state index is 13.6. The maximum atomic E-state index is 13.6. The molecule has 1 saturated heterocycles. The minimum atomic E-state index is -3.97. The number of anilines is 1. The van der Waals surface area contributed by atoms with Gasteiger partial charge in [0, 0.05) is 47.0 Å². The average Bonchev–Trinajstić information content (AvgIpc) is 3.55. The number of nitrogens with zero attached hydrogens (tertiary/aromatic N) is 3. The van der Waals surface area contributed by atoms with E-state index in [1.807, 2.05) is 20.9 Å². The van der Waals surface area contributed by atoms with E-state index in [1.165, 1.54) is 17.4 Å². The molecule has 0 spiro atoms. The number of rotatable bonds is 9. The van der Waals surface area contributed by atoms with E-state index in [-0.39, 0.29) is 35.5 Å². The molecule has 1 aliphatic heterocycles. The van der Waals surface area contributed by atoms with Crippen molar-refractivity contribution in [1.29, 1.82) is 0 Å². The van der Waals surface area contributed by atoms with Gasteiger partial charge in [-0.05, 0) is 98.9 Å². The standard InChI is InChI=1S/C30H45N5O6S2/c1-19(2)35(29(37)38)22-12-9-20(10-13-22)27-31-17-25(42-27)24-14-11-21(16-26(24)43(39,40)33-30(3,4)5)32-28(36)41-18-23-8-7-15-34(23)6/h11,14,16-17,19-20,22-23,33H,7-10,12-13,15,18H2,1-6H3,(H,32,36)(H,37,38). The predicted molar refractivity (Wildman–Crippen MR) is 168 cm³/mol. The lowest BCUT2D eigenvalue weighted by atomic mass is 9.85. The molecule has 11 nitrogen and oxygen atoms in total. The largest absolute Gasteiger partial charge is 0.465 e. The molecule has 238 valence electrons. The molecule has 1 aromatic heterocycles. The lowest BCUT2D eigenvalue weighted by Crippen LogP contribution is -2.45. The zero-order chi connectivity index (χ0) is 31.5. The first-order valence-electron chi connectivity index (χ1n) is 14.9. The van der Waals surface area contributed by atoms with Crippen LogP contribution in [0, 0.1) is 0 Å². The van der Waals surface area contributed by atoms with E-state index in [0.717, 1.165) is 50.1 Å². The molecular weight excluding hydrogens is 590 g/mol. The number of hydrogen-bond donors (Lipinski definition) is 3. The van der Waals surface area contributed by atoms with Gasteiger partial charge in [-0.15, -0.1) is 11.3 Å². The normalized spacial score (nSPS) is 21.6. The fraction of sp³-hybridized carbons (Fsp3) is 0.633. The molecule has 3 N–H and O–H groups in total. The second kappa shape index (κ2) is 13.5. The first kappa shape index (κ1) is 33.2. The summed E-state index contributed by atoms with van der Waals surface area (Å²) >= 11 is 1.46. The smallest absolute Gasteiger partial charge is 0.411 e. The van der Waals surface area contributed by atoms with Gasteiger partial charge in [-0.25, -0.2) is 27.7 Å². The zero-order valence-corrected chi connectivity index (χ0v) is 27.6. The van der Waals surface area contributed by atoms with Crippen molar-refractivity contribution in [3.8, 4) is 10.4 Å². The van der Waals surface area contributed by atoms with Crippen molar-refractivity contribution in [3.05, 3.63) is 29.4 Å². The summed E-state index contributed by atoms with van der Waals surface area (Å²) in [5.41, 5.74) is 0.0971. The van der Waals surface area contributed by atoms with Crippen molar-refractivity contribution in [3.63, 3.8) is 0 Å². The molecule has 13 heteroatoms. The van der Waals surface area contributed by atoms with E-state index in [2.05, 4.69) is 19.9 Å². The summed E-state index contributed by atoms with van der Waals surface area (Å²) in [5, 5.41) is 13.3. The number of carbonyl (C=O) groups is 2. The molecule has 43 heavy (non-hydrogen) atoms. The van der Waals surface area contributed by atoms with Crippen LogP contribution >= 0.6 is 11.3 Å². The van der Waals surface area contributed by atoms with E-state index < -0.39 is 27.7 Å². The van der Waals surface area contributed by atoms with Crippen LogP contribution in [0.5, 0.6) is 0 Å². The summed E-state index contributed by atoms with van der Waals surface area (Å²) in [4.78, 5) is 33.5. The molecule has 1 unspecified atom stereocenters. The third kappa shape index (κ3) is 8.46. The van der Waals surface area contributed by atoms with Gasteiger partial charge >= 0.3 is 12.2 Å². The number of carbonyl (C=O) groups excluding carboxylic acids is 1. The highest BCUT2D eigenvalue weighted by molar-refractivity contribution is 7.89. The SMILES string of the molecule is CC(C)N(C(=O)O)C1CCC(c2ncc(-c3ccc(NC(=O)OCC4CCCN4C)cc3S(=O)(=O)NC(C)(C)C)s2)CC1. The molecule has 1 aromatic carbocycles. The number of likely N-dealkylation sites (N-methyl/N-ethyl adjacent to an activating group) is 1. The number of benzene rings is 1. The van der Waals surface area contributed by atoms with Gasteiger partial charge in [-0.2, -0.15) is 0 Å². The van der Waals surface area contributed by atoms with Crippen LogP contribution < -0.4 is 10.0 Å². The lowest BCUT2D eigenvalue weighted by molar-refractivity contribution is 0.0906. The summed E-state index contributed by atoms with van der Waals surface area (Å²) in [6.07, 6.45) is 5.36. The van der Waals surface area contributed by atoms with E-state index >= 15 is 0 Å². The van der Waals surface area contributed by atoms with Crippen LogP contribution in [0.3, 0.4) is 0 Å². The van der Waals surface area contributed by atoms with Crippen LogP contribution in [0.25, 0.3) is 10.4 Å². The van der Waals surface area contributed by atoms with Crippen LogP contribution in [-0.4, -0.2) is 84.4 Å². The summed E-state index contributed by atoms with van der Waals surface area (Å²) in [6, 6.07) is 4.91. The lowest BCUT2D eigenvalue weighted by Gasteiger charge is -2.37. The van der Waals surface area contributed by atoms with E-state index in [4.69, 9.17) is 4.74 Å². The van der Waals surface area contributed by atoms with Crippen molar-refractivity contribution in [2.45, 2.75) is 108 Å². The van der Waals surface area contributed by atoms with Gasteiger partial charge in [-0.1, -0.05) is 6.07 Å². The average molecular weight is 636 g/mol. The number of thiazole rings is 1. The number of hydrogen-bond acceptors (Lipinski definition) is 8. The van der Waals surface area contributed by atoms with Crippen LogP contribution in [0.15, 0.2) is 29.3 Å². The summed E-state index contributed by atoms with van der Waals surface area (Å²) in [7, 11) is -1.96. The molecule has 2 aliphatic rings. The van der Waals surface area contributed by atoms with Crippen molar-refractivity contribution < 1.29 is 27.9 Å². The number of sulfonamides is 1. The molecular formula is C30H45N5O6S2. The Morgan fingerprint density at radius 1 is 1.19 bits per heavy atom. The fourth-order valence-electron chi connectivity index (χ4n) is 6.00. The number of ether oxygens (including phenoxy) is 1.